The van der Waals surface area contributed by atoms with Crippen molar-refractivity contribution >= 4 is 11.8 Å². The quantitative estimate of drug-likeness (QED) is 0.886. The number of nitrogens with zero attached hydrogens (tertiary/aromatic N) is 3. The molecule has 2 atom stereocenters. The van der Waals surface area contributed by atoms with E-state index in [9.17, 15) is 18.7 Å². The van der Waals surface area contributed by atoms with E-state index >= 15 is 0 Å². The Hall–Kier alpha value is -2.36. The number of benzene rings is 1. The van der Waals surface area contributed by atoms with E-state index in [0.29, 0.717) is 19.6 Å². The highest BCUT2D eigenvalue weighted by atomic mass is 19.1. The summed E-state index contributed by atoms with van der Waals surface area (Å²) < 4.78 is 28.6. The number of nitriles is 1. The molecule has 134 valence electrons. The van der Waals surface area contributed by atoms with E-state index in [4.69, 9.17) is 5.26 Å². The molecule has 25 heavy (non-hydrogen) atoms. The zero-order valence-electron chi connectivity index (χ0n) is 13.9. The van der Waals surface area contributed by atoms with Crippen molar-refractivity contribution < 1.29 is 18.7 Å². The zero-order chi connectivity index (χ0) is 18.0. The molecule has 1 aromatic carbocycles. The third-order valence-electron chi connectivity index (χ3n) is 5.26. The highest BCUT2D eigenvalue weighted by Gasteiger charge is 2.36. The van der Waals surface area contributed by atoms with Crippen molar-refractivity contribution in [3.63, 3.8) is 0 Å². The minimum atomic E-state index is -0.919. The predicted octanol–water partition coefficient (Wildman–Crippen LogP) is 3.59. The van der Waals surface area contributed by atoms with E-state index in [1.54, 1.807) is 11.0 Å². The fourth-order valence-electron chi connectivity index (χ4n) is 4.14. The van der Waals surface area contributed by atoms with Crippen molar-refractivity contribution in [3.8, 4) is 6.07 Å². The maximum Gasteiger partial charge on any atom is 0.407 e. The maximum absolute atomic E-state index is 14.3. The number of hydrogen-bond donors (Lipinski definition) is 1. The lowest BCUT2D eigenvalue weighted by Gasteiger charge is -2.43. The van der Waals surface area contributed by atoms with Crippen molar-refractivity contribution in [3.05, 3.63) is 29.3 Å². The van der Waals surface area contributed by atoms with Gasteiger partial charge in [0.25, 0.3) is 0 Å². The molecule has 1 amide bonds. The van der Waals surface area contributed by atoms with E-state index in [1.807, 2.05) is 0 Å². The molecular weight excluding hydrogens is 328 g/mol. The van der Waals surface area contributed by atoms with Gasteiger partial charge in [0.05, 0.1) is 11.6 Å². The van der Waals surface area contributed by atoms with Crippen LogP contribution in [0.3, 0.4) is 0 Å². The van der Waals surface area contributed by atoms with Crippen LogP contribution < -0.4 is 4.90 Å². The summed E-state index contributed by atoms with van der Waals surface area (Å²) in [6, 6.07) is 3.74. The maximum atomic E-state index is 14.3. The standard InChI is InChI=1S/C18H21F2N3O2/c19-14-8-12(10-21)9-15(20)17(14)22-6-3-4-13(11-22)16-5-1-2-7-23(16)18(24)25/h8-9,13,16H,1-7,11H2,(H,24,25). The van der Waals surface area contributed by atoms with E-state index in [0.717, 1.165) is 44.2 Å². The van der Waals surface area contributed by atoms with Crippen molar-refractivity contribution in [2.24, 2.45) is 5.92 Å². The summed E-state index contributed by atoms with van der Waals surface area (Å²) >= 11 is 0. The van der Waals surface area contributed by atoms with Crippen LogP contribution in [-0.4, -0.2) is 41.8 Å². The number of halogens is 2. The number of likely N-dealkylation sites (tertiary alicyclic amines) is 1. The molecule has 3 rings (SSSR count). The first kappa shape index (κ1) is 17.5. The Morgan fingerprint density at radius 2 is 1.88 bits per heavy atom. The molecular formula is C18H21F2N3O2. The molecule has 0 aliphatic carbocycles. The van der Waals surface area contributed by atoms with Crippen molar-refractivity contribution in [2.45, 2.75) is 38.1 Å². The number of piperidine rings is 2. The Balaban J connectivity index is 1.82. The first-order chi connectivity index (χ1) is 12.0. The molecule has 2 saturated heterocycles. The largest absolute Gasteiger partial charge is 0.465 e. The van der Waals surface area contributed by atoms with Crippen molar-refractivity contribution in [2.75, 3.05) is 24.5 Å². The van der Waals surface area contributed by atoms with E-state index < -0.39 is 17.7 Å². The lowest BCUT2D eigenvalue weighted by atomic mass is 9.84. The Bertz CT molecular complexity index is 681. The van der Waals surface area contributed by atoms with Crippen LogP contribution in [0.25, 0.3) is 0 Å². The lowest BCUT2D eigenvalue weighted by molar-refractivity contribution is 0.0778. The monoisotopic (exact) mass is 349 g/mol. The van der Waals surface area contributed by atoms with Gasteiger partial charge in [-0.05, 0) is 50.2 Å². The van der Waals surface area contributed by atoms with Gasteiger partial charge >= 0.3 is 6.09 Å². The second-order valence-electron chi connectivity index (χ2n) is 6.79. The van der Waals surface area contributed by atoms with E-state index in [2.05, 4.69) is 0 Å². The third kappa shape index (κ3) is 3.53. The average Bonchev–Trinajstić information content (AvgIpc) is 2.61. The number of carboxylic acid groups (broad SMARTS) is 1. The highest BCUT2D eigenvalue weighted by molar-refractivity contribution is 5.65. The Kier molecular flexibility index (Phi) is 5.07. The molecule has 0 spiro atoms. The first-order valence-corrected chi connectivity index (χ1v) is 8.65. The highest BCUT2D eigenvalue weighted by Crippen LogP contribution is 2.34. The van der Waals surface area contributed by atoms with E-state index in [1.165, 1.54) is 4.90 Å². The molecule has 7 heteroatoms. The Labute approximate surface area is 145 Å². The van der Waals surface area contributed by atoms with E-state index in [-0.39, 0.29) is 23.2 Å². The van der Waals surface area contributed by atoms with Crippen molar-refractivity contribution in [1.82, 2.24) is 4.90 Å². The molecule has 1 N–H and O–H groups in total. The Morgan fingerprint density at radius 3 is 2.52 bits per heavy atom. The lowest BCUT2D eigenvalue weighted by Crippen LogP contribution is -2.51. The topological polar surface area (TPSA) is 67.6 Å². The smallest absolute Gasteiger partial charge is 0.407 e. The fourth-order valence-corrected chi connectivity index (χ4v) is 4.14. The summed E-state index contributed by atoms with van der Waals surface area (Å²) in [7, 11) is 0. The van der Waals surface area contributed by atoms with Gasteiger partial charge in [-0.15, -0.1) is 0 Å². The minimum Gasteiger partial charge on any atom is -0.465 e. The number of rotatable bonds is 2. The van der Waals surface area contributed by atoms with Crippen LogP contribution in [0.5, 0.6) is 0 Å². The molecule has 2 aliphatic heterocycles. The summed E-state index contributed by atoms with van der Waals surface area (Å²) in [6.45, 7) is 1.47. The van der Waals surface area contributed by atoms with Gasteiger partial charge in [0, 0.05) is 25.7 Å². The first-order valence-electron chi connectivity index (χ1n) is 8.65. The van der Waals surface area contributed by atoms with Gasteiger partial charge in [0.2, 0.25) is 0 Å². The normalized spacial score (nSPS) is 24.0. The fraction of sp³-hybridized carbons (Fsp3) is 0.556. The second kappa shape index (κ2) is 7.26. The third-order valence-corrected chi connectivity index (χ3v) is 5.26. The number of amides is 1. The molecule has 2 fully saturated rings. The summed E-state index contributed by atoms with van der Waals surface area (Å²) in [5.74, 6) is -1.42. The van der Waals surface area contributed by atoms with Gasteiger partial charge in [0.15, 0.2) is 11.6 Å². The summed E-state index contributed by atoms with van der Waals surface area (Å²) in [6.07, 6.45) is 3.32. The van der Waals surface area contributed by atoms with Crippen LogP contribution in [0.4, 0.5) is 19.3 Å². The number of anilines is 1. The van der Waals surface area contributed by atoms with Crippen molar-refractivity contribution in [1.29, 1.82) is 5.26 Å². The van der Waals surface area contributed by atoms with Gasteiger partial charge in [-0.2, -0.15) is 5.26 Å². The van der Waals surface area contributed by atoms with Crippen LogP contribution in [-0.2, 0) is 0 Å². The average molecular weight is 349 g/mol. The molecule has 0 bridgehead atoms. The van der Waals surface area contributed by atoms with Gasteiger partial charge in [0.1, 0.15) is 5.69 Å². The van der Waals surface area contributed by atoms with Gasteiger partial charge in [-0.1, -0.05) is 0 Å². The molecule has 0 aromatic heterocycles. The summed E-state index contributed by atoms with van der Waals surface area (Å²) in [5.41, 5.74) is -0.155. The Morgan fingerprint density at radius 1 is 1.16 bits per heavy atom. The van der Waals surface area contributed by atoms with Gasteiger partial charge in [-0.3, -0.25) is 0 Å². The summed E-state index contributed by atoms with van der Waals surface area (Å²) in [5, 5.41) is 18.3. The minimum absolute atomic E-state index is 0.0448. The molecule has 2 unspecified atom stereocenters. The number of hydrogen-bond acceptors (Lipinski definition) is 3. The molecule has 2 heterocycles. The molecule has 5 nitrogen and oxygen atoms in total. The SMILES string of the molecule is N#Cc1cc(F)c(N2CCCC(C3CCCCN3C(=O)O)C2)c(F)c1. The van der Waals surface area contributed by atoms with Gasteiger partial charge < -0.3 is 14.9 Å². The van der Waals surface area contributed by atoms with Crippen LogP contribution >= 0.6 is 0 Å². The zero-order valence-corrected chi connectivity index (χ0v) is 13.9. The predicted molar refractivity (Wildman–Crippen MR) is 88.4 cm³/mol. The second-order valence-corrected chi connectivity index (χ2v) is 6.79. The van der Waals surface area contributed by atoms with Gasteiger partial charge in [-0.25, -0.2) is 13.6 Å². The molecule has 0 radical (unpaired) electrons. The number of carbonyl (C=O) groups is 1. The van der Waals surface area contributed by atoms with Crippen LogP contribution in [0.15, 0.2) is 12.1 Å². The molecule has 2 aliphatic rings. The van der Waals surface area contributed by atoms with Crippen LogP contribution in [0.1, 0.15) is 37.7 Å². The molecule has 1 aromatic rings. The molecule has 0 saturated carbocycles. The van der Waals surface area contributed by atoms with Crippen LogP contribution in [0.2, 0.25) is 0 Å². The van der Waals surface area contributed by atoms with Crippen LogP contribution in [0, 0.1) is 28.9 Å². The summed E-state index contributed by atoms with van der Waals surface area (Å²) in [4.78, 5) is 14.6.